The molecular weight excluding hydrogens is 291 g/mol. The van der Waals surface area contributed by atoms with Gasteiger partial charge in [-0.1, -0.05) is 89.3 Å². The van der Waals surface area contributed by atoms with Crippen LogP contribution in [0.15, 0.2) is 12.1 Å². The molecule has 0 atom stereocenters. The highest BCUT2D eigenvalue weighted by molar-refractivity contribution is 6.52. The summed E-state index contributed by atoms with van der Waals surface area (Å²) in [6.45, 7) is 11.5. The summed E-state index contributed by atoms with van der Waals surface area (Å²) in [5.41, 5.74) is 3.91. The van der Waals surface area contributed by atoms with E-state index in [1.165, 1.54) is 87.1 Å². The van der Waals surface area contributed by atoms with E-state index in [1.807, 2.05) is 0 Å². The van der Waals surface area contributed by atoms with Gasteiger partial charge in [-0.3, -0.25) is 0 Å². The molecule has 0 fully saturated rings. The molecular formula is C22H39BO. The maximum atomic E-state index is 6.52. The smallest absolute Gasteiger partial charge is 0.357 e. The van der Waals surface area contributed by atoms with Crippen LogP contribution in [0.5, 0.6) is 5.75 Å². The molecule has 2 heteroatoms. The molecule has 136 valence electrons. The number of unbranched alkanes of at least 4 members (excludes halogenated alkanes) is 7. The molecule has 1 aromatic carbocycles. The van der Waals surface area contributed by atoms with E-state index in [0.29, 0.717) is 6.92 Å². The molecule has 0 aromatic heterocycles. The molecule has 0 aliphatic rings. The van der Waals surface area contributed by atoms with Crippen LogP contribution in [0.4, 0.5) is 0 Å². The van der Waals surface area contributed by atoms with E-state index < -0.39 is 0 Å². The van der Waals surface area contributed by atoms with Gasteiger partial charge in [-0.2, -0.15) is 0 Å². The third kappa shape index (κ3) is 8.26. The van der Waals surface area contributed by atoms with E-state index in [1.54, 1.807) is 0 Å². The van der Waals surface area contributed by atoms with Crippen molar-refractivity contribution in [3.8, 4) is 5.75 Å². The molecule has 0 saturated carbocycles. The fraction of sp³-hybridized carbons (Fsp3) is 0.727. The second kappa shape index (κ2) is 12.4. The van der Waals surface area contributed by atoms with Crippen LogP contribution in [-0.4, -0.2) is 6.92 Å². The minimum Gasteiger partial charge on any atom is -0.560 e. The molecule has 0 heterocycles. The molecule has 1 aromatic rings. The van der Waals surface area contributed by atoms with E-state index in [4.69, 9.17) is 4.65 Å². The zero-order valence-corrected chi connectivity index (χ0v) is 16.9. The largest absolute Gasteiger partial charge is 0.560 e. The summed E-state index contributed by atoms with van der Waals surface area (Å²) in [5.74, 6) is 1.13. The van der Waals surface area contributed by atoms with Crippen LogP contribution in [0.25, 0.3) is 0 Å². The lowest BCUT2D eigenvalue weighted by molar-refractivity contribution is 0.536. The van der Waals surface area contributed by atoms with Gasteiger partial charge >= 0.3 is 6.92 Å². The van der Waals surface area contributed by atoms with Crippen molar-refractivity contribution in [3.05, 3.63) is 28.8 Å². The quantitative estimate of drug-likeness (QED) is 0.268. The Morgan fingerprint density at radius 1 is 0.708 bits per heavy atom. The Morgan fingerprint density at radius 2 is 1.17 bits per heavy atom. The number of aryl methyl sites for hydroxylation is 3. The number of hydrogen-bond acceptors (Lipinski definition) is 1. The van der Waals surface area contributed by atoms with E-state index in [9.17, 15) is 0 Å². The van der Waals surface area contributed by atoms with Gasteiger partial charge in [-0.15, -0.1) is 0 Å². The fourth-order valence-corrected chi connectivity index (χ4v) is 3.56. The fourth-order valence-electron chi connectivity index (χ4n) is 3.56. The van der Waals surface area contributed by atoms with Crippen LogP contribution in [0, 0.1) is 20.8 Å². The van der Waals surface area contributed by atoms with Crippen LogP contribution in [0.3, 0.4) is 0 Å². The third-order valence-corrected chi connectivity index (χ3v) is 4.90. The molecule has 0 unspecified atom stereocenters. The van der Waals surface area contributed by atoms with Gasteiger partial charge in [0, 0.05) is 0 Å². The van der Waals surface area contributed by atoms with Gasteiger partial charge in [0.2, 0.25) is 0 Å². The maximum absolute atomic E-state index is 6.52. The summed E-state index contributed by atoms with van der Waals surface area (Å²) in [7, 11) is 0. The molecule has 0 N–H and O–H groups in total. The van der Waals surface area contributed by atoms with Crippen molar-refractivity contribution in [2.45, 2.75) is 105 Å². The summed E-state index contributed by atoms with van der Waals surface area (Å²) in [6.07, 6.45) is 14.5. The molecule has 0 spiro atoms. The van der Waals surface area contributed by atoms with Crippen molar-refractivity contribution in [1.29, 1.82) is 0 Å². The van der Waals surface area contributed by atoms with Gasteiger partial charge in [0.1, 0.15) is 5.75 Å². The van der Waals surface area contributed by atoms with Crippen LogP contribution < -0.4 is 4.65 Å². The second-order valence-electron chi connectivity index (χ2n) is 7.52. The molecule has 1 nitrogen and oxygen atoms in total. The Balaban J connectivity index is 2.59. The molecule has 0 radical (unpaired) electrons. The minimum absolute atomic E-state index is 0.392. The maximum Gasteiger partial charge on any atom is 0.357 e. The van der Waals surface area contributed by atoms with Gasteiger partial charge in [0.25, 0.3) is 0 Å². The molecule has 0 aliphatic heterocycles. The highest BCUT2D eigenvalue weighted by atomic mass is 16.4. The summed E-state index contributed by atoms with van der Waals surface area (Å²) >= 11 is 0. The first-order valence-corrected chi connectivity index (χ1v) is 10.3. The van der Waals surface area contributed by atoms with Crippen LogP contribution in [0.1, 0.15) is 88.3 Å². The first kappa shape index (κ1) is 21.1. The minimum atomic E-state index is 0.392. The summed E-state index contributed by atoms with van der Waals surface area (Å²) in [4.78, 5) is 0. The van der Waals surface area contributed by atoms with Crippen LogP contribution in [0.2, 0.25) is 12.6 Å². The Hall–Kier alpha value is -0.915. The van der Waals surface area contributed by atoms with Crippen molar-refractivity contribution >= 4 is 6.92 Å². The first-order chi connectivity index (χ1) is 11.6. The average molecular weight is 330 g/mol. The highest BCUT2D eigenvalue weighted by Crippen LogP contribution is 2.27. The Kier molecular flexibility index (Phi) is 11.0. The molecule has 1 rings (SSSR count). The predicted octanol–water partition coefficient (Wildman–Crippen LogP) is 7.53. The number of rotatable bonds is 13. The molecule has 0 aliphatic carbocycles. The van der Waals surface area contributed by atoms with E-state index in [2.05, 4.69) is 46.8 Å². The summed E-state index contributed by atoms with van der Waals surface area (Å²) in [5, 5.41) is 0. The van der Waals surface area contributed by atoms with Gasteiger partial charge in [-0.25, -0.2) is 0 Å². The number of benzene rings is 1. The zero-order valence-electron chi connectivity index (χ0n) is 16.9. The average Bonchev–Trinajstić information content (AvgIpc) is 2.53. The predicted molar refractivity (Wildman–Crippen MR) is 110 cm³/mol. The number of hydrogen-bond donors (Lipinski definition) is 0. The van der Waals surface area contributed by atoms with Gasteiger partial charge in [0.05, 0.1) is 0 Å². The van der Waals surface area contributed by atoms with Crippen molar-refractivity contribution in [1.82, 2.24) is 0 Å². The van der Waals surface area contributed by atoms with Crippen LogP contribution >= 0.6 is 0 Å². The standard InChI is InChI=1S/C22H39BO/c1-6-8-10-12-14-16-23(15-13-11-9-7-2)24-22-20(4)17-19(3)18-21(22)5/h17-18H,6-16H2,1-5H3. The van der Waals surface area contributed by atoms with E-state index in [0.717, 1.165) is 5.75 Å². The van der Waals surface area contributed by atoms with Crippen molar-refractivity contribution < 1.29 is 4.65 Å². The van der Waals surface area contributed by atoms with Gasteiger partial charge in [0.15, 0.2) is 0 Å². The molecule has 0 saturated heterocycles. The van der Waals surface area contributed by atoms with Gasteiger partial charge < -0.3 is 4.65 Å². The van der Waals surface area contributed by atoms with E-state index in [-0.39, 0.29) is 0 Å². The van der Waals surface area contributed by atoms with E-state index >= 15 is 0 Å². The monoisotopic (exact) mass is 330 g/mol. The lowest BCUT2D eigenvalue weighted by Gasteiger charge is -2.20. The van der Waals surface area contributed by atoms with Crippen molar-refractivity contribution in [2.75, 3.05) is 0 Å². The molecule has 0 bridgehead atoms. The molecule has 24 heavy (non-hydrogen) atoms. The second-order valence-corrected chi connectivity index (χ2v) is 7.52. The lowest BCUT2D eigenvalue weighted by Crippen LogP contribution is -2.22. The Morgan fingerprint density at radius 3 is 1.67 bits per heavy atom. The third-order valence-electron chi connectivity index (χ3n) is 4.90. The van der Waals surface area contributed by atoms with Crippen molar-refractivity contribution in [3.63, 3.8) is 0 Å². The first-order valence-electron chi connectivity index (χ1n) is 10.3. The zero-order chi connectivity index (χ0) is 17.8. The summed E-state index contributed by atoms with van der Waals surface area (Å²) < 4.78 is 6.52. The SMILES string of the molecule is CCCCCCCB(CCCCCC)Oc1c(C)cc(C)cc1C. The van der Waals surface area contributed by atoms with Crippen LogP contribution in [-0.2, 0) is 0 Å². The Labute approximate surface area is 151 Å². The Bertz CT molecular complexity index is 432. The normalized spacial score (nSPS) is 10.9. The topological polar surface area (TPSA) is 9.23 Å². The highest BCUT2D eigenvalue weighted by Gasteiger charge is 2.19. The lowest BCUT2D eigenvalue weighted by atomic mass is 9.59. The molecule has 0 amide bonds. The van der Waals surface area contributed by atoms with Gasteiger partial charge in [-0.05, 0) is 44.5 Å². The summed E-state index contributed by atoms with van der Waals surface area (Å²) in [6, 6.07) is 4.50. The van der Waals surface area contributed by atoms with Crippen molar-refractivity contribution in [2.24, 2.45) is 0 Å².